The van der Waals surface area contributed by atoms with Gasteiger partial charge in [-0.25, -0.2) is 0 Å². The lowest BCUT2D eigenvalue weighted by Gasteiger charge is -2.40. The second kappa shape index (κ2) is 4.63. The van der Waals surface area contributed by atoms with E-state index in [-0.39, 0.29) is 29.4 Å². The van der Waals surface area contributed by atoms with Gasteiger partial charge in [0.2, 0.25) is 5.43 Å². The predicted octanol–water partition coefficient (Wildman–Crippen LogP) is 0.792. The molecule has 2 aliphatic heterocycles. The second-order valence-electron chi connectivity index (χ2n) is 5.08. The highest BCUT2D eigenvalue weighted by Crippen LogP contribution is 2.39. The van der Waals surface area contributed by atoms with E-state index in [1.54, 1.807) is 18.1 Å². The summed E-state index contributed by atoms with van der Waals surface area (Å²) in [7, 11) is 3.04. The van der Waals surface area contributed by atoms with Crippen LogP contribution in [0.3, 0.4) is 0 Å². The van der Waals surface area contributed by atoms with Crippen molar-refractivity contribution >= 4 is 5.91 Å². The van der Waals surface area contributed by atoms with Crippen molar-refractivity contribution in [3.63, 3.8) is 0 Å². The van der Waals surface area contributed by atoms with Crippen LogP contribution in [0, 0.1) is 0 Å². The normalized spacial score (nSPS) is 23.9. The van der Waals surface area contributed by atoms with Crippen molar-refractivity contribution in [3.05, 3.63) is 27.7 Å². The largest absolute Gasteiger partial charge is 0.491 e. The lowest BCUT2D eigenvalue weighted by molar-refractivity contribution is -0.0572. The molecule has 0 radical (unpaired) electrons. The first kappa shape index (κ1) is 13.2. The van der Waals surface area contributed by atoms with Crippen LogP contribution in [0.4, 0.5) is 0 Å². The molecule has 1 aromatic rings. The summed E-state index contributed by atoms with van der Waals surface area (Å²) >= 11 is 0. The summed E-state index contributed by atoms with van der Waals surface area (Å²) in [4.78, 5) is 26.4. The van der Waals surface area contributed by atoms with Crippen molar-refractivity contribution in [1.82, 2.24) is 9.47 Å². The Bertz CT molecular complexity index is 622. The molecule has 0 bridgehead atoms. The molecular formula is C14H18N2O4. The number of carbonyl (C=O) groups excluding carboxylic acids is 1. The molecule has 0 saturated carbocycles. The number of hydrogen-bond donors (Lipinski definition) is 0. The smallest absolute Gasteiger partial charge is 0.276 e. The molecule has 0 aliphatic carbocycles. The predicted molar refractivity (Wildman–Crippen MR) is 72.1 cm³/mol. The number of carbonyl (C=O) groups is 1. The molecule has 6 nitrogen and oxygen atoms in total. The van der Waals surface area contributed by atoms with Crippen LogP contribution < -0.4 is 10.2 Å². The van der Waals surface area contributed by atoms with Crippen LogP contribution in [-0.2, 0) is 11.2 Å². The molecule has 1 amide bonds. The van der Waals surface area contributed by atoms with Crippen molar-refractivity contribution in [2.24, 2.45) is 0 Å². The maximum atomic E-state index is 12.7. The van der Waals surface area contributed by atoms with Gasteiger partial charge in [0.1, 0.15) is 0 Å². The van der Waals surface area contributed by atoms with E-state index in [0.29, 0.717) is 12.2 Å². The Hall–Kier alpha value is -1.82. The summed E-state index contributed by atoms with van der Waals surface area (Å²) in [5, 5.41) is 0. The molecule has 3 heterocycles. The SMILES string of the molecule is CCN1C(=O)c2c(OC)c(=O)cc3n2[C@H](CC3)[C@H]1OC. The molecule has 0 fully saturated rings. The standard InChI is InChI=1S/C14H18N2O4/c1-4-15-13(18)11-12(19-2)10(17)7-8-5-6-9(16(8)11)14(15)20-3/h7,9,14H,4-6H2,1-3H3/t9-,14-/m1/s1. The van der Waals surface area contributed by atoms with E-state index in [1.807, 2.05) is 11.5 Å². The van der Waals surface area contributed by atoms with Crippen molar-refractivity contribution in [1.29, 1.82) is 0 Å². The van der Waals surface area contributed by atoms with Gasteiger partial charge in [0.15, 0.2) is 17.7 Å². The van der Waals surface area contributed by atoms with Gasteiger partial charge in [-0.1, -0.05) is 0 Å². The number of pyridine rings is 1. The van der Waals surface area contributed by atoms with Crippen LogP contribution in [0.5, 0.6) is 5.75 Å². The fraction of sp³-hybridized carbons (Fsp3) is 0.571. The first-order valence-electron chi connectivity index (χ1n) is 6.80. The minimum atomic E-state index is -0.284. The van der Waals surface area contributed by atoms with Gasteiger partial charge in [0.05, 0.1) is 13.2 Å². The van der Waals surface area contributed by atoms with Gasteiger partial charge < -0.3 is 18.9 Å². The first-order valence-corrected chi connectivity index (χ1v) is 6.80. The monoisotopic (exact) mass is 278 g/mol. The maximum Gasteiger partial charge on any atom is 0.276 e. The molecule has 0 spiro atoms. The number of methoxy groups -OCH3 is 2. The number of aromatic nitrogens is 1. The Morgan fingerprint density at radius 2 is 2.10 bits per heavy atom. The van der Waals surface area contributed by atoms with Gasteiger partial charge in [-0.05, 0) is 19.8 Å². The number of aryl methyl sites for hydroxylation is 1. The van der Waals surface area contributed by atoms with E-state index >= 15 is 0 Å². The highest BCUT2D eigenvalue weighted by atomic mass is 16.5. The Morgan fingerprint density at radius 1 is 1.35 bits per heavy atom. The zero-order valence-corrected chi connectivity index (χ0v) is 11.9. The van der Waals surface area contributed by atoms with Crippen LogP contribution in [0.1, 0.15) is 35.6 Å². The number of amides is 1. The van der Waals surface area contributed by atoms with Gasteiger partial charge in [0, 0.05) is 25.4 Å². The van der Waals surface area contributed by atoms with E-state index in [1.165, 1.54) is 7.11 Å². The van der Waals surface area contributed by atoms with Crippen molar-refractivity contribution in [2.75, 3.05) is 20.8 Å². The van der Waals surface area contributed by atoms with Gasteiger partial charge >= 0.3 is 0 Å². The van der Waals surface area contributed by atoms with Gasteiger partial charge in [-0.15, -0.1) is 0 Å². The van der Waals surface area contributed by atoms with Gasteiger partial charge in [0.25, 0.3) is 5.91 Å². The van der Waals surface area contributed by atoms with Crippen molar-refractivity contribution in [3.8, 4) is 5.75 Å². The molecule has 6 heteroatoms. The highest BCUT2D eigenvalue weighted by molar-refractivity contribution is 5.96. The molecular weight excluding hydrogens is 260 g/mol. The zero-order valence-electron chi connectivity index (χ0n) is 11.9. The quantitative estimate of drug-likeness (QED) is 0.820. The van der Waals surface area contributed by atoms with E-state index in [2.05, 4.69) is 0 Å². The summed E-state index contributed by atoms with van der Waals surface area (Å²) in [5.74, 6) is -0.0630. The lowest BCUT2D eigenvalue weighted by atomic mass is 10.1. The third-order valence-corrected chi connectivity index (χ3v) is 4.20. The molecule has 2 aliphatic rings. The molecule has 108 valence electrons. The summed E-state index contributed by atoms with van der Waals surface area (Å²) in [6.45, 7) is 2.44. The fourth-order valence-corrected chi connectivity index (χ4v) is 3.39. The topological polar surface area (TPSA) is 60.8 Å². The molecule has 20 heavy (non-hydrogen) atoms. The average molecular weight is 278 g/mol. The minimum Gasteiger partial charge on any atom is -0.491 e. The number of nitrogens with zero attached hydrogens (tertiary/aromatic N) is 2. The molecule has 0 aromatic carbocycles. The Kier molecular flexibility index (Phi) is 3.05. The van der Waals surface area contributed by atoms with Crippen LogP contribution in [0.25, 0.3) is 0 Å². The summed E-state index contributed by atoms with van der Waals surface area (Å²) in [6.07, 6.45) is 1.36. The Labute approximate surface area is 116 Å². The molecule has 0 saturated heterocycles. The van der Waals surface area contributed by atoms with E-state index in [0.717, 1.165) is 18.5 Å². The van der Waals surface area contributed by atoms with Crippen molar-refractivity contribution < 1.29 is 14.3 Å². The molecule has 2 atom stereocenters. The number of likely N-dealkylation sites (N-methyl/N-ethyl adjacent to an activating group) is 1. The average Bonchev–Trinajstić information content (AvgIpc) is 2.85. The molecule has 0 unspecified atom stereocenters. The van der Waals surface area contributed by atoms with Crippen LogP contribution >= 0.6 is 0 Å². The Balaban J connectivity index is 2.29. The second-order valence-corrected chi connectivity index (χ2v) is 5.08. The third kappa shape index (κ3) is 1.54. The molecule has 3 rings (SSSR count). The molecule has 1 aromatic heterocycles. The third-order valence-electron chi connectivity index (χ3n) is 4.20. The van der Waals surface area contributed by atoms with Gasteiger partial charge in [-0.2, -0.15) is 0 Å². The minimum absolute atomic E-state index is 0.0529. The van der Waals surface area contributed by atoms with Crippen LogP contribution in [0.2, 0.25) is 0 Å². The van der Waals surface area contributed by atoms with Crippen molar-refractivity contribution in [2.45, 2.75) is 32.0 Å². The lowest BCUT2D eigenvalue weighted by Crippen LogP contribution is -2.51. The molecule has 0 N–H and O–H groups in total. The van der Waals surface area contributed by atoms with Crippen LogP contribution in [-0.4, -0.2) is 42.4 Å². The van der Waals surface area contributed by atoms with E-state index < -0.39 is 0 Å². The number of ether oxygens (including phenoxy) is 2. The first-order chi connectivity index (χ1) is 9.63. The van der Waals surface area contributed by atoms with E-state index in [4.69, 9.17) is 9.47 Å². The highest BCUT2D eigenvalue weighted by Gasteiger charge is 2.44. The van der Waals surface area contributed by atoms with E-state index in [9.17, 15) is 9.59 Å². The van der Waals surface area contributed by atoms with Crippen LogP contribution in [0.15, 0.2) is 10.9 Å². The summed E-state index contributed by atoms with van der Waals surface area (Å²) < 4.78 is 12.6. The van der Waals surface area contributed by atoms with Gasteiger partial charge in [-0.3, -0.25) is 9.59 Å². The maximum absolute atomic E-state index is 12.7. The fourth-order valence-electron chi connectivity index (χ4n) is 3.39. The number of rotatable bonds is 3. The summed E-state index contributed by atoms with van der Waals surface area (Å²) in [6, 6.07) is 1.63. The Morgan fingerprint density at radius 3 is 2.70 bits per heavy atom. The number of hydrogen-bond acceptors (Lipinski definition) is 4. The zero-order chi connectivity index (χ0) is 14.4. The summed E-state index contributed by atoms with van der Waals surface area (Å²) in [5.41, 5.74) is 1.03.